The van der Waals surface area contributed by atoms with Crippen LogP contribution >= 0.6 is 0 Å². The molecule has 2 unspecified atom stereocenters. The fourth-order valence-electron chi connectivity index (χ4n) is 1.89. The number of rotatable bonds is 4. The number of morpholine rings is 1. The van der Waals surface area contributed by atoms with Gasteiger partial charge in [0.1, 0.15) is 0 Å². The Hall–Kier alpha value is -1.40. The first-order chi connectivity index (χ1) is 8.70. The lowest BCUT2D eigenvalue weighted by molar-refractivity contribution is 0.0270. The van der Waals surface area contributed by atoms with Gasteiger partial charge in [0.2, 0.25) is 11.8 Å². The lowest BCUT2D eigenvalue weighted by atomic mass is 10.1. The smallest absolute Gasteiger partial charge is 0.228 e. The summed E-state index contributed by atoms with van der Waals surface area (Å²) >= 11 is 0. The van der Waals surface area contributed by atoms with Crippen LogP contribution in [0.25, 0.3) is 0 Å². The highest BCUT2D eigenvalue weighted by Crippen LogP contribution is 2.16. The summed E-state index contributed by atoms with van der Waals surface area (Å²) < 4.78 is 11.0. The van der Waals surface area contributed by atoms with Crippen LogP contribution in [0.2, 0.25) is 0 Å². The summed E-state index contributed by atoms with van der Waals surface area (Å²) in [4.78, 5) is 10.7. The van der Waals surface area contributed by atoms with Gasteiger partial charge in [-0.1, -0.05) is 0 Å². The zero-order valence-electron chi connectivity index (χ0n) is 10.9. The van der Waals surface area contributed by atoms with Gasteiger partial charge in [-0.2, -0.15) is 4.98 Å². The molecule has 0 aromatic carbocycles. The predicted molar refractivity (Wildman–Crippen MR) is 68.8 cm³/mol. The number of anilines is 1. The van der Waals surface area contributed by atoms with E-state index in [1.807, 2.05) is 13.8 Å². The molecule has 0 bridgehead atoms. The van der Waals surface area contributed by atoms with Crippen LogP contribution in [0.1, 0.15) is 13.8 Å². The first kappa shape index (κ1) is 13.0. The molecule has 1 aliphatic rings. The van der Waals surface area contributed by atoms with Crippen molar-refractivity contribution in [3.05, 3.63) is 12.3 Å². The van der Waals surface area contributed by atoms with E-state index in [2.05, 4.69) is 14.9 Å². The van der Waals surface area contributed by atoms with Crippen LogP contribution in [0, 0.1) is 0 Å². The maximum absolute atomic E-state index is 5.87. The van der Waals surface area contributed by atoms with Gasteiger partial charge in [-0.15, -0.1) is 0 Å². The third-order valence-corrected chi connectivity index (χ3v) is 2.87. The summed E-state index contributed by atoms with van der Waals surface area (Å²) in [6.07, 6.45) is 1.74. The van der Waals surface area contributed by atoms with Crippen molar-refractivity contribution in [1.29, 1.82) is 0 Å². The van der Waals surface area contributed by atoms with Crippen LogP contribution in [0.15, 0.2) is 12.3 Å². The van der Waals surface area contributed by atoms with Crippen LogP contribution in [-0.4, -0.2) is 48.4 Å². The van der Waals surface area contributed by atoms with E-state index in [9.17, 15) is 0 Å². The Morgan fingerprint density at radius 3 is 3.22 bits per heavy atom. The highest BCUT2D eigenvalue weighted by molar-refractivity contribution is 5.32. The van der Waals surface area contributed by atoms with Crippen LogP contribution in [0.3, 0.4) is 0 Å². The quantitative estimate of drug-likeness (QED) is 0.837. The van der Waals surface area contributed by atoms with Crippen molar-refractivity contribution in [1.82, 2.24) is 9.97 Å². The summed E-state index contributed by atoms with van der Waals surface area (Å²) in [5.41, 5.74) is 5.87. The van der Waals surface area contributed by atoms with E-state index >= 15 is 0 Å². The molecule has 0 saturated carbocycles. The molecule has 2 heterocycles. The summed E-state index contributed by atoms with van der Waals surface area (Å²) in [5, 5.41) is 0. The molecule has 1 aromatic heterocycles. The molecule has 1 aliphatic heterocycles. The Balaban J connectivity index is 2.08. The standard InChI is InChI=1S/C12H20N4O2/c1-3-17-11-4-5-14-12(15-11)16-6-7-18-10(8-16)9(2)13/h4-5,9-10H,3,6-8,13H2,1-2H3. The van der Waals surface area contributed by atoms with Gasteiger partial charge in [-0.25, -0.2) is 4.98 Å². The van der Waals surface area contributed by atoms with E-state index in [-0.39, 0.29) is 12.1 Å². The third kappa shape index (κ3) is 3.08. The minimum atomic E-state index is 0.00266. The number of nitrogens with two attached hydrogens (primary N) is 1. The van der Waals surface area contributed by atoms with Crippen molar-refractivity contribution < 1.29 is 9.47 Å². The molecular weight excluding hydrogens is 232 g/mol. The minimum absolute atomic E-state index is 0.00266. The molecule has 100 valence electrons. The summed E-state index contributed by atoms with van der Waals surface area (Å²) in [6.45, 7) is 6.62. The second-order valence-electron chi connectivity index (χ2n) is 4.34. The van der Waals surface area contributed by atoms with E-state index in [1.54, 1.807) is 12.3 Å². The van der Waals surface area contributed by atoms with Crippen LogP contribution in [-0.2, 0) is 4.74 Å². The maximum Gasteiger partial charge on any atom is 0.228 e. The molecule has 0 aliphatic carbocycles. The Morgan fingerprint density at radius 1 is 1.67 bits per heavy atom. The average Bonchev–Trinajstić information content (AvgIpc) is 2.39. The SMILES string of the molecule is CCOc1ccnc(N2CCOC(C(C)N)C2)n1. The van der Waals surface area contributed by atoms with Gasteiger partial charge in [0.15, 0.2) is 0 Å². The van der Waals surface area contributed by atoms with Gasteiger partial charge in [-0.3, -0.25) is 0 Å². The summed E-state index contributed by atoms with van der Waals surface area (Å²) in [6, 6.07) is 1.76. The molecular formula is C12H20N4O2. The third-order valence-electron chi connectivity index (χ3n) is 2.87. The van der Waals surface area contributed by atoms with E-state index in [1.165, 1.54) is 0 Å². The molecule has 2 atom stereocenters. The molecule has 0 spiro atoms. The van der Waals surface area contributed by atoms with Crippen molar-refractivity contribution in [3.63, 3.8) is 0 Å². The van der Waals surface area contributed by atoms with E-state index < -0.39 is 0 Å². The molecule has 0 amide bonds. The number of ether oxygens (including phenoxy) is 2. The van der Waals surface area contributed by atoms with Crippen LogP contribution < -0.4 is 15.4 Å². The number of nitrogens with zero attached hydrogens (tertiary/aromatic N) is 3. The van der Waals surface area contributed by atoms with Gasteiger partial charge in [-0.05, 0) is 13.8 Å². The second-order valence-corrected chi connectivity index (χ2v) is 4.34. The van der Waals surface area contributed by atoms with Crippen molar-refractivity contribution in [3.8, 4) is 5.88 Å². The van der Waals surface area contributed by atoms with Gasteiger partial charge >= 0.3 is 0 Å². The first-order valence-corrected chi connectivity index (χ1v) is 6.28. The monoisotopic (exact) mass is 252 g/mol. The Labute approximate surface area is 107 Å². The van der Waals surface area contributed by atoms with Gasteiger partial charge < -0.3 is 20.1 Å². The normalized spacial score (nSPS) is 21.7. The Kier molecular flexibility index (Phi) is 4.33. The van der Waals surface area contributed by atoms with Crippen LogP contribution in [0.4, 0.5) is 5.95 Å². The molecule has 2 N–H and O–H groups in total. The lowest BCUT2D eigenvalue weighted by Gasteiger charge is -2.34. The molecule has 1 fully saturated rings. The molecule has 1 aromatic rings. The van der Waals surface area contributed by atoms with Crippen LogP contribution in [0.5, 0.6) is 5.88 Å². The zero-order valence-corrected chi connectivity index (χ0v) is 10.9. The molecule has 0 radical (unpaired) electrons. The first-order valence-electron chi connectivity index (χ1n) is 6.28. The number of hydrogen-bond acceptors (Lipinski definition) is 6. The van der Waals surface area contributed by atoms with Crippen molar-refractivity contribution in [2.75, 3.05) is 31.2 Å². The highest BCUT2D eigenvalue weighted by Gasteiger charge is 2.25. The van der Waals surface area contributed by atoms with Gasteiger partial charge in [0, 0.05) is 31.4 Å². The Bertz CT molecular complexity index is 386. The molecule has 1 saturated heterocycles. The molecule has 18 heavy (non-hydrogen) atoms. The van der Waals surface area contributed by atoms with Crippen molar-refractivity contribution in [2.45, 2.75) is 26.0 Å². The maximum atomic E-state index is 5.87. The lowest BCUT2D eigenvalue weighted by Crippen LogP contribution is -2.50. The Morgan fingerprint density at radius 2 is 2.50 bits per heavy atom. The van der Waals surface area contributed by atoms with Crippen molar-refractivity contribution >= 4 is 5.95 Å². The summed E-state index contributed by atoms with van der Waals surface area (Å²) in [5.74, 6) is 1.28. The van der Waals surface area contributed by atoms with E-state index in [0.29, 0.717) is 31.6 Å². The number of aromatic nitrogens is 2. The fraction of sp³-hybridized carbons (Fsp3) is 0.667. The fourth-order valence-corrected chi connectivity index (χ4v) is 1.89. The zero-order chi connectivity index (χ0) is 13.0. The average molecular weight is 252 g/mol. The summed E-state index contributed by atoms with van der Waals surface area (Å²) in [7, 11) is 0. The van der Waals surface area contributed by atoms with Gasteiger partial charge in [0.25, 0.3) is 0 Å². The molecule has 6 heteroatoms. The molecule has 6 nitrogen and oxygen atoms in total. The second kappa shape index (κ2) is 5.97. The number of hydrogen-bond donors (Lipinski definition) is 1. The largest absolute Gasteiger partial charge is 0.478 e. The topological polar surface area (TPSA) is 73.5 Å². The highest BCUT2D eigenvalue weighted by atomic mass is 16.5. The predicted octanol–water partition coefficient (Wildman–Crippen LogP) is 0.428. The van der Waals surface area contributed by atoms with Crippen molar-refractivity contribution in [2.24, 2.45) is 5.73 Å². The van der Waals surface area contributed by atoms with E-state index in [0.717, 1.165) is 6.54 Å². The van der Waals surface area contributed by atoms with E-state index in [4.69, 9.17) is 15.2 Å². The van der Waals surface area contributed by atoms with Gasteiger partial charge in [0.05, 0.1) is 19.3 Å². The molecule has 2 rings (SSSR count). The minimum Gasteiger partial charge on any atom is -0.478 e.